The maximum atomic E-state index is 11.5. The van der Waals surface area contributed by atoms with E-state index in [1.165, 1.54) is 22.9 Å². The number of carbonyl (C=O) groups excluding carboxylic acids is 1. The molecular formula is C13H18O2S. The third-order valence-electron chi connectivity index (χ3n) is 2.41. The lowest BCUT2D eigenvalue weighted by Crippen LogP contribution is -2.16. The van der Waals surface area contributed by atoms with Crippen LogP contribution in [0.2, 0.25) is 0 Å². The van der Waals surface area contributed by atoms with Crippen LogP contribution >= 0.6 is 11.8 Å². The van der Waals surface area contributed by atoms with Gasteiger partial charge in [0.2, 0.25) is 0 Å². The molecule has 2 nitrogen and oxygen atoms in total. The van der Waals surface area contributed by atoms with Crippen LogP contribution in [0.15, 0.2) is 23.1 Å². The standard InChI is InChI=1S/C13H18O2S/c1-5-15-13(14)11(4)16-12-7-6-9(2)10(3)8-12/h6-8,11H,5H2,1-4H3. The van der Waals surface area contributed by atoms with Crippen molar-refractivity contribution in [3.05, 3.63) is 29.3 Å². The molecule has 0 saturated carbocycles. The van der Waals surface area contributed by atoms with Crippen LogP contribution in [0.4, 0.5) is 0 Å². The normalized spacial score (nSPS) is 12.2. The van der Waals surface area contributed by atoms with Crippen LogP contribution in [-0.4, -0.2) is 17.8 Å². The van der Waals surface area contributed by atoms with Crippen molar-refractivity contribution in [1.29, 1.82) is 0 Å². The first-order valence-electron chi connectivity index (χ1n) is 5.45. The highest BCUT2D eigenvalue weighted by Gasteiger charge is 2.15. The second-order valence-electron chi connectivity index (χ2n) is 3.76. The first-order valence-corrected chi connectivity index (χ1v) is 6.33. The van der Waals surface area contributed by atoms with Crippen LogP contribution in [0.3, 0.4) is 0 Å². The van der Waals surface area contributed by atoms with E-state index in [-0.39, 0.29) is 11.2 Å². The molecule has 0 amide bonds. The number of thioether (sulfide) groups is 1. The molecule has 0 spiro atoms. The molecule has 1 rings (SSSR count). The predicted molar refractivity (Wildman–Crippen MR) is 67.9 cm³/mol. The van der Waals surface area contributed by atoms with Crippen molar-refractivity contribution in [1.82, 2.24) is 0 Å². The lowest BCUT2D eigenvalue weighted by molar-refractivity contribution is -0.142. The van der Waals surface area contributed by atoms with Crippen LogP contribution in [0.5, 0.6) is 0 Å². The first-order chi connectivity index (χ1) is 7.54. The number of aryl methyl sites for hydroxylation is 2. The van der Waals surface area contributed by atoms with Gasteiger partial charge >= 0.3 is 5.97 Å². The van der Waals surface area contributed by atoms with Gasteiger partial charge in [-0.05, 0) is 51.0 Å². The monoisotopic (exact) mass is 238 g/mol. The van der Waals surface area contributed by atoms with Gasteiger partial charge in [-0.1, -0.05) is 6.07 Å². The Labute approximate surface area is 101 Å². The summed E-state index contributed by atoms with van der Waals surface area (Å²) in [6.07, 6.45) is 0. The summed E-state index contributed by atoms with van der Waals surface area (Å²) >= 11 is 1.54. The number of ether oxygens (including phenoxy) is 1. The number of carbonyl (C=O) groups is 1. The van der Waals surface area contributed by atoms with Crippen molar-refractivity contribution in [2.24, 2.45) is 0 Å². The molecule has 0 aromatic heterocycles. The molecule has 0 bridgehead atoms. The number of benzene rings is 1. The fraction of sp³-hybridized carbons (Fsp3) is 0.462. The van der Waals surface area contributed by atoms with Gasteiger partial charge < -0.3 is 4.74 Å². The minimum Gasteiger partial charge on any atom is -0.465 e. The van der Waals surface area contributed by atoms with Crippen molar-refractivity contribution in [3.63, 3.8) is 0 Å². The van der Waals surface area contributed by atoms with Crippen molar-refractivity contribution in [2.75, 3.05) is 6.61 Å². The van der Waals surface area contributed by atoms with Gasteiger partial charge in [0.15, 0.2) is 0 Å². The number of hydrogen-bond acceptors (Lipinski definition) is 3. The third kappa shape index (κ3) is 3.56. The van der Waals surface area contributed by atoms with Crippen molar-refractivity contribution in [2.45, 2.75) is 37.8 Å². The fourth-order valence-electron chi connectivity index (χ4n) is 1.30. The maximum absolute atomic E-state index is 11.5. The SMILES string of the molecule is CCOC(=O)C(C)Sc1ccc(C)c(C)c1. The Balaban J connectivity index is 2.66. The lowest BCUT2D eigenvalue weighted by Gasteiger charge is -2.11. The molecule has 0 aliphatic carbocycles. The summed E-state index contributed by atoms with van der Waals surface area (Å²) in [5, 5.41) is -0.151. The van der Waals surface area contributed by atoms with E-state index < -0.39 is 0 Å². The number of hydrogen-bond donors (Lipinski definition) is 0. The van der Waals surface area contributed by atoms with Crippen LogP contribution in [0, 0.1) is 13.8 Å². The minimum absolute atomic E-state index is 0.147. The van der Waals surface area contributed by atoms with Crippen molar-refractivity contribution < 1.29 is 9.53 Å². The third-order valence-corrected chi connectivity index (χ3v) is 3.48. The highest BCUT2D eigenvalue weighted by Crippen LogP contribution is 2.25. The smallest absolute Gasteiger partial charge is 0.319 e. The van der Waals surface area contributed by atoms with E-state index in [1.807, 2.05) is 19.9 Å². The van der Waals surface area contributed by atoms with E-state index in [0.29, 0.717) is 6.61 Å². The van der Waals surface area contributed by atoms with Crippen LogP contribution < -0.4 is 0 Å². The van der Waals surface area contributed by atoms with E-state index in [0.717, 1.165) is 4.90 Å². The molecule has 0 radical (unpaired) electrons. The zero-order valence-electron chi connectivity index (χ0n) is 10.2. The van der Waals surface area contributed by atoms with Gasteiger partial charge in [0.1, 0.15) is 5.25 Å². The Kier molecular flexibility index (Phi) is 4.87. The Morgan fingerprint density at radius 1 is 1.38 bits per heavy atom. The van der Waals surface area contributed by atoms with Crippen molar-refractivity contribution in [3.8, 4) is 0 Å². The van der Waals surface area contributed by atoms with Gasteiger partial charge in [0, 0.05) is 4.90 Å². The molecule has 1 unspecified atom stereocenters. The molecule has 88 valence electrons. The molecule has 0 saturated heterocycles. The summed E-state index contributed by atoms with van der Waals surface area (Å²) in [5.74, 6) is -0.147. The van der Waals surface area contributed by atoms with Gasteiger partial charge in [0.05, 0.1) is 6.61 Å². The summed E-state index contributed by atoms with van der Waals surface area (Å²) < 4.78 is 4.97. The summed E-state index contributed by atoms with van der Waals surface area (Å²) in [6, 6.07) is 6.23. The summed E-state index contributed by atoms with van der Waals surface area (Å²) in [7, 11) is 0. The summed E-state index contributed by atoms with van der Waals surface area (Å²) in [5.41, 5.74) is 2.52. The van der Waals surface area contributed by atoms with Gasteiger partial charge in [-0.25, -0.2) is 0 Å². The Hall–Kier alpha value is -0.960. The van der Waals surface area contributed by atoms with Gasteiger partial charge in [-0.3, -0.25) is 4.79 Å². The largest absolute Gasteiger partial charge is 0.465 e. The molecule has 16 heavy (non-hydrogen) atoms. The molecular weight excluding hydrogens is 220 g/mol. The highest BCUT2D eigenvalue weighted by molar-refractivity contribution is 8.00. The Morgan fingerprint density at radius 2 is 2.06 bits per heavy atom. The van der Waals surface area contributed by atoms with E-state index in [2.05, 4.69) is 26.0 Å². The molecule has 0 fully saturated rings. The Bertz CT molecular complexity index is 374. The average molecular weight is 238 g/mol. The molecule has 0 aliphatic rings. The van der Waals surface area contributed by atoms with E-state index in [4.69, 9.17) is 4.74 Å². The van der Waals surface area contributed by atoms with Gasteiger partial charge in [0.25, 0.3) is 0 Å². The quantitative estimate of drug-likeness (QED) is 0.594. The molecule has 0 heterocycles. The number of rotatable bonds is 4. The first kappa shape index (κ1) is 13.1. The van der Waals surface area contributed by atoms with Gasteiger partial charge in [-0.2, -0.15) is 0 Å². The van der Waals surface area contributed by atoms with Gasteiger partial charge in [-0.15, -0.1) is 11.8 Å². The van der Waals surface area contributed by atoms with E-state index in [1.54, 1.807) is 0 Å². The minimum atomic E-state index is -0.151. The summed E-state index contributed by atoms with van der Waals surface area (Å²) in [4.78, 5) is 12.6. The van der Waals surface area contributed by atoms with Crippen LogP contribution in [0.25, 0.3) is 0 Å². The fourth-order valence-corrected chi connectivity index (χ4v) is 2.26. The zero-order valence-corrected chi connectivity index (χ0v) is 11.1. The second-order valence-corrected chi connectivity index (χ2v) is 5.17. The lowest BCUT2D eigenvalue weighted by atomic mass is 10.1. The molecule has 3 heteroatoms. The van der Waals surface area contributed by atoms with E-state index >= 15 is 0 Å². The zero-order chi connectivity index (χ0) is 12.1. The second kappa shape index (κ2) is 5.94. The highest BCUT2D eigenvalue weighted by atomic mass is 32.2. The topological polar surface area (TPSA) is 26.3 Å². The van der Waals surface area contributed by atoms with Crippen LogP contribution in [-0.2, 0) is 9.53 Å². The maximum Gasteiger partial charge on any atom is 0.319 e. The average Bonchev–Trinajstić information content (AvgIpc) is 2.24. The van der Waals surface area contributed by atoms with Crippen LogP contribution in [0.1, 0.15) is 25.0 Å². The molecule has 1 atom stereocenters. The molecule has 0 aliphatic heterocycles. The Morgan fingerprint density at radius 3 is 2.62 bits per heavy atom. The molecule has 1 aromatic rings. The summed E-state index contributed by atoms with van der Waals surface area (Å²) in [6.45, 7) is 8.30. The molecule has 1 aromatic carbocycles. The van der Waals surface area contributed by atoms with Crippen molar-refractivity contribution >= 4 is 17.7 Å². The molecule has 0 N–H and O–H groups in total. The van der Waals surface area contributed by atoms with E-state index in [9.17, 15) is 4.79 Å². The number of esters is 1. The predicted octanol–water partition coefficient (Wildman–Crippen LogP) is 3.35.